The van der Waals surface area contributed by atoms with Crippen LogP contribution in [-0.2, 0) is 36.9 Å². The molecule has 10 heteroatoms. The van der Waals surface area contributed by atoms with Crippen LogP contribution in [0.4, 0.5) is 4.79 Å². The minimum Gasteiger partial charge on any atom is -0.460 e. The molecule has 1 atom stereocenters. The fourth-order valence-corrected chi connectivity index (χ4v) is 6.56. The van der Waals surface area contributed by atoms with Crippen LogP contribution in [0, 0.1) is 0 Å². The molecule has 262 valence electrons. The molecule has 2 N–H and O–H groups in total. The van der Waals surface area contributed by atoms with Gasteiger partial charge in [-0.05, 0) is 89.8 Å². The summed E-state index contributed by atoms with van der Waals surface area (Å²) in [4.78, 5) is 56.6. The number of piperidine rings is 1. The monoisotopic (exact) mass is 662 g/mol. The molecule has 2 aromatic rings. The summed E-state index contributed by atoms with van der Waals surface area (Å²) >= 11 is 0. The maximum atomic E-state index is 13.9. The molecular weight excluding hydrogens is 608 g/mol. The van der Waals surface area contributed by atoms with Crippen molar-refractivity contribution in [1.29, 1.82) is 0 Å². The van der Waals surface area contributed by atoms with Gasteiger partial charge < -0.3 is 29.9 Å². The number of unbranched alkanes of at least 4 members (excludes halogenated alkanes) is 3. The van der Waals surface area contributed by atoms with E-state index in [0.717, 1.165) is 50.9 Å². The van der Waals surface area contributed by atoms with Gasteiger partial charge in [0, 0.05) is 26.2 Å². The van der Waals surface area contributed by atoms with Crippen LogP contribution in [0.3, 0.4) is 0 Å². The van der Waals surface area contributed by atoms with Crippen LogP contribution in [0.5, 0.6) is 0 Å². The van der Waals surface area contributed by atoms with Gasteiger partial charge in [-0.15, -0.1) is 0 Å². The van der Waals surface area contributed by atoms with Crippen molar-refractivity contribution in [3.8, 4) is 0 Å². The summed E-state index contributed by atoms with van der Waals surface area (Å²) in [6, 6.07) is 19.3. The van der Waals surface area contributed by atoms with Crippen molar-refractivity contribution in [2.24, 2.45) is 0 Å². The predicted molar refractivity (Wildman–Crippen MR) is 185 cm³/mol. The van der Waals surface area contributed by atoms with E-state index in [9.17, 15) is 19.2 Å². The van der Waals surface area contributed by atoms with Gasteiger partial charge in [0.15, 0.2) is 0 Å². The van der Waals surface area contributed by atoms with Crippen LogP contribution < -0.4 is 10.6 Å². The summed E-state index contributed by atoms with van der Waals surface area (Å²) < 4.78 is 10.8. The molecule has 0 radical (unpaired) electrons. The molecule has 1 spiro atoms. The molecule has 0 bridgehead atoms. The Morgan fingerprint density at radius 3 is 2.21 bits per heavy atom. The average molecular weight is 663 g/mol. The van der Waals surface area contributed by atoms with Crippen molar-refractivity contribution in [1.82, 2.24) is 20.4 Å². The molecule has 1 unspecified atom stereocenters. The zero-order chi connectivity index (χ0) is 34.4. The number of piperazine rings is 1. The van der Waals surface area contributed by atoms with E-state index in [1.165, 1.54) is 5.56 Å². The molecule has 3 amide bonds. The normalized spacial score (nSPS) is 18.0. The molecule has 2 aliphatic rings. The van der Waals surface area contributed by atoms with Crippen LogP contribution in [-0.4, -0.2) is 83.6 Å². The minimum atomic E-state index is -0.969. The summed E-state index contributed by atoms with van der Waals surface area (Å²) in [6.45, 7) is 8.60. The molecule has 2 saturated heterocycles. The van der Waals surface area contributed by atoms with Gasteiger partial charge in [0.1, 0.15) is 23.8 Å². The van der Waals surface area contributed by atoms with Crippen LogP contribution >= 0.6 is 0 Å². The number of carbonyl (C=O) groups is 4. The zero-order valence-corrected chi connectivity index (χ0v) is 29.0. The Morgan fingerprint density at radius 2 is 1.54 bits per heavy atom. The van der Waals surface area contributed by atoms with Crippen molar-refractivity contribution in [2.45, 2.75) is 109 Å². The van der Waals surface area contributed by atoms with E-state index in [-0.39, 0.29) is 37.4 Å². The number of alkyl carbamates (subject to hydrolysis) is 1. The first-order valence-corrected chi connectivity index (χ1v) is 17.6. The van der Waals surface area contributed by atoms with Gasteiger partial charge >= 0.3 is 12.1 Å². The van der Waals surface area contributed by atoms with Gasteiger partial charge in [0.2, 0.25) is 11.8 Å². The van der Waals surface area contributed by atoms with Crippen LogP contribution in [0.15, 0.2) is 60.7 Å². The second kappa shape index (κ2) is 18.0. The van der Waals surface area contributed by atoms with E-state index in [2.05, 4.69) is 39.8 Å². The van der Waals surface area contributed by atoms with Crippen molar-refractivity contribution in [3.05, 3.63) is 71.8 Å². The number of hydrogen-bond acceptors (Lipinski definition) is 7. The first-order chi connectivity index (χ1) is 23.1. The molecule has 0 aliphatic carbocycles. The molecule has 2 fully saturated rings. The van der Waals surface area contributed by atoms with E-state index in [1.54, 1.807) is 4.90 Å². The number of aryl methyl sites for hydroxylation is 1. The van der Waals surface area contributed by atoms with Crippen molar-refractivity contribution >= 4 is 23.9 Å². The summed E-state index contributed by atoms with van der Waals surface area (Å²) in [5.74, 6) is -0.671. The standard InChI is InChI=1S/C38H54N4O6/c1-37(2,3)48-33(43)21-26-42-34(44)32(20-12-13-24-39-36(46)47-29-31-18-9-5-10-19-31)40-35(45)38(42)22-27-41(28-23-38)25-14-6-11-17-30-15-7-4-8-16-30/h4-5,7-10,15-16,18-19,32H,6,11-14,17,20-29H2,1-3H3,(H,39,46)(H,40,45). The third-order valence-corrected chi connectivity index (χ3v) is 9.14. The van der Waals surface area contributed by atoms with Crippen LogP contribution in [0.1, 0.15) is 89.7 Å². The average Bonchev–Trinajstić information content (AvgIpc) is 3.06. The van der Waals surface area contributed by atoms with E-state index in [1.807, 2.05) is 57.2 Å². The number of benzene rings is 2. The quantitative estimate of drug-likeness (QED) is 0.183. The van der Waals surface area contributed by atoms with Gasteiger partial charge in [-0.1, -0.05) is 67.1 Å². The molecular formula is C38H54N4O6. The van der Waals surface area contributed by atoms with Gasteiger partial charge in [0.25, 0.3) is 0 Å². The van der Waals surface area contributed by atoms with Gasteiger partial charge in [-0.25, -0.2) is 4.79 Å². The maximum absolute atomic E-state index is 13.9. The summed E-state index contributed by atoms with van der Waals surface area (Å²) in [6.07, 6.45) is 6.77. The van der Waals surface area contributed by atoms with Gasteiger partial charge in [-0.2, -0.15) is 0 Å². The van der Waals surface area contributed by atoms with E-state index < -0.39 is 23.3 Å². The lowest BCUT2D eigenvalue weighted by Gasteiger charge is -2.51. The van der Waals surface area contributed by atoms with Gasteiger partial charge in [-0.3, -0.25) is 14.4 Å². The third-order valence-electron chi connectivity index (χ3n) is 9.14. The lowest BCUT2D eigenvalue weighted by Crippen LogP contribution is -2.73. The molecule has 2 aromatic carbocycles. The molecule has 2 aliphatic heterocycles. The number of esters is 1. The first-order valence-electron chi connectivity index (χ1n) is 17.6. The Bertz CT molecular complexity index is 1320. The highest BCUT2D eigenvalue weighted by molar-refractivity contribution is 6.00. The van der Waals surface area contributed by atoms with Gasteiger partial charge in [0.05, 0.1) is 6.42 Å². The van der Waals surface area contributed by atoms with E-state index in [0.29, 0.717) is 38.6 Å². The Balaban J connectivity index is 1.26. The van der Waals surface area contributed by atoms with E-state index in [4.69, 9.17) is 9.47 Å². The SMILES string of the molecule is CC(C)(C)OC(=O)CCN1C(=O)C(CCCCNC(=O)OCc2ccccc2)NC(=O)C12CCN(CCCCCc1ccccc1)CC2. The highest BCUT2D eigenvalue weighted by atomic mass is 16.6. The summed E-state index contributed by atoms with van der Waals surface area (Å²) in [7, 11) is 0. The number of nitrogens with one attached hydrogen (secondary N) is 2. The number of likely N-dealkylation sites (tertiary alicyclic amines) is 1. The predicted octanol–water partition coefficient (Wildman–Crippen LogP) is 5.39. The number of ether oxygens (including phenoxy) is 2. The lowest BCUT2D eigenvalue weighted by molar-refractivity contribution is -0.164. The Morgan fingerprint density at radius 1 is 0.875 bits per heavy atom. The molecule has 0 saturated carbocycles. The Labute approximate surface area is 285 Å². The molecule has 10 nitrogen and oxygen atoms in total. The number of amides is 3. The second-order valence-corrected chi connectivity index (χ2v) is 14.0. The molecule has 2 heterocycles. The fourth-order valence-electron chi connectivity index (χ4n) is 6.56. The van der Waals surface area contributed by atoms with E-state index >= 15 is 0 Å². The van der Waals surface area contributed by atoms with Crippen molar-refractivity contribution < 1.29 is 28.7 Å². The summed E-state index contributed by atoms with van der Waals surface area (Å²) in [5, 5.41) is 5.78. The maximum Gasteiger partial charge on any atom is 0.407 e. The molecule has 0 aromatic heterocycles. The van der Waals surface area contributed by atoms with Crippen molar-refractivity contribution in [2.75, 3.05) is 32.7 Å². The largest absolute Gasteiger partial charge is 0.460 e. The Hall–Kier alpha value is -3.92. The topological polar surface area (TPSA) is 117 Å². The smallest absolute Gasteiger partial charge is 0.407 e. The summed E-state index contributed by atoms with van der Waals surface area (Å²) in [5.41, 5.74) is 0.679. The highest BCUT2D eigenvalue weighted by Gasteiger charge is 2.53. The minimum absolute atomic E-state index is 0.0326. The number of hydrogen-bond donors (Lipinski definition) is 2. The number of rotatable bonds is 16. The number of carbonyl (C=O) groups excluding carboxylic acids is 4. The fraction of sp³-hybridized carbons (Fsp3) is 0.579. The second-order valence-electron chi connectivity index (χ2n) is 14.0. The number of nitrogens with zero attached hydrogens (tertiary/aromatic N) is 2. The van der Waals surface area contributed by atoms with Crippen LogP contribution in [0.2, 0.25) is 0 Å². The van der Waals surface area contributed by atoms with Crippen LogP contribution in [0.25, 0.3) is 0 Å². The highest BCUT2D eigenvalue weighted by Crippen LogP contribution is 2.34. The Kier molecular flexibility index (Phi) is 13.8. The third kappa shape index (κ3) is 11.4. The molecule has 4 rings (SSSR count). The lowest BCUT2D eigenvalue weighted by atomic mass is 9.81. The van der Waals surface area contributed by atoms with Crippen molar-refractivity contribution in [3.63, 3.8) is 0 Å². The zero-order valence-electron chi connectivity index (χ0n) is 29.0. The first kappa shape index (κ1) is 36.9. The molecule has 48 heavy (non-hydrogen) atoms.